The van der Waals surface area contributed by atoms with Crippen LogP contribution >= 0.6 is 0 Å². The van der Waals surface area contributed by atoms with Gasteiger partial charge in [-0.25, -0.2) is 0 Å². The van der Waals surface area contributed by atoms with Crippen LogP contribution < -0.4 is 0 Å². The minimum atomic E-state index is -0.610. The van der Waals surface area contributed by atoms with Gasteiger partial charge in [0, 0.05) is 7.11 Å². The maximum Gasteiger partial charge on any atom is 0.0961 e. The van der Waals surface area contributed by atoms with Crippen molar-refractivity contribution in [2.24, 2.45) is 5.92 Å². The third-order valence-electron chi connectivity index (χ3n) is 3.86. The fourth-order valence-electron chi connectivity index (χ4n) is 2.36. The van der Waals surface area contributed by atoms with Gasteiger partial charge in [-0.3, -0.25) is 0 Å². The summed E-state index contributed by atoms with van der Waals surface area (Å²) in [6.45, 7) is 6.20. The van der Waals surface area contributed by atoms with E-state index in [0.29, 0.717) is 5.92 Å². The van der Waals surface area contributed by atoms with Crippen molar-refractivity contribution in [3.05, 3.63) is 0 Å². The second-order valence-corrected chi connectivity index (χ2v) is 4.14. The maximum absolute atomic E-state index is 10.3. The Morgan fingerprint density at radius 1 is 1.58 bits per heavy atom. The first-order valence-electron chi connectivity index (χ1n) is 4.77. The van der Waals surface area contributed by atoms with Gasteiger partial charge in [0.1, 0.15) is 0 Å². The predicted molar refractivity (Wildman–Crippen MR) is 49.1 cm³/mol. The van der Waals surface area contributed by atoms with Crippen LogP contribution in [0.3, 0.4) is 0 Å². The number of methoxy groups -OCH3 is 1. The third kappa shape index (κ3) is 1.09. The summed E-state index contributed by atoms with van der Waals surface area (Å²) in [6.07, 6.45) is 2.71. The molecule has 1 aliphatic rings. The van der Waals surface area contributed by atoms with Crippen LogP contribution in [-0.2, 0) is 4.74 Å². The molecule has 2 heteroatoms. The van der Waals surface area contributed by atoms with Gasteiger partial charge in [0.15, 0.2) is 0 Å². The van der Waals surface area contributed by atoms with Crippen LogP contribution in [0.25, 0.3) is 0 Å². The zero-order chi connectivity index (χ0) is 9.41. The molecule has 1 fully saturated rings. The van der Waals surface area contributed by atoms with Crippen molar-refractivity contribution < 1.29 is 9.84 Å². The highest BCUT2D eigenvalue weighted by atomic mass is 16.5. The largest absolute Gasteiger partial charge is 0.387 e. The average Bonchev–Trinajstić information content (AvgIpc) is 2.31. The van der Waals surface area contributed by atoms with Crippen LogP contribution in [0.2, 0.25) is 0 Å². The van der Waals surface area contributed by atoms with Crippen LogP contribution in [0.15, 0.2) is 0 Å². The van der Waals surface area contributed by atoms with Crippen LogP contribution in [0.4, 0.5) is 0 Å². The monoisotopic (exact) mass is 172 g/mol. The van der Waals surface area contributed by atoms with Gasteiger partial charge in [-0.1, -0.05) is 13.8 Å². The molecule has 1 rings (SSSR count). The van der Waals surface area contributed by atoms with E-state index in [2.05, 4.69) is 6.92 Å². The minimum absolute atomic E-state index is 0.345. The van der Waals surface area contributed by atoms with Crippen LogP contribution in [-0.4, -0.2) is 23.4 Å². The van der Waals surface area contributed by atoms with Crippen molar-refractivity contribution in [2.45, 2.75) is 51.2 Å². The molecule has 1 aliphatic carbocycles. The summed E-state index contributed by atoms with van der Waals surface area (Å²) in [6, 6.07) is 0. The van der Waals surface area contributed by atoms with Crippen molar-refractivity contribution >= 4 is 0 Å². The molecule has 1 N–H and O–H groups in total. The Morgan fingerprint density at radius 2 is 2.17 bits per heavy atom. The predicted octanol–water partition coefficient (Wildman–Crippen LogP) is 1.96. The Kier molecular flexibility index (Phi) is 2.50. The van der Waals surface area contributed by atoms with E-state index in [4.69, 9.17) is 4.74 Å². The molecule has 0 saturated heterocycles. The number of hydrogen-bond donors (Lipinski definition) is 1. The highest BCUT2D eigenvalue weighted by Crippen LogP contribution is 2.47. The molecular weight excluding hydrogens is 152 g/mol. The molecule has 0 aliphatic heterocycles. The molecule has 2 unspecified atom stereocenters. The minimum Gasteiger partial charge on any atom is -0.387 e. The number of aliphatic hydroxyl groups is 1. The van der Waals surface area contributed by atoms with E-state index in [9.17, 15) is 5.11 Å². The smallest absolute Gasteiger partial charge is 0.0961 e. The van der Waals surface area contributed by atoms with E-state index in [1.807, 2.05) is 13.8 Å². The van der Waals surface area contributed by atoms with Crippen LogP contribution in [0.1, 0.15) is 40.0 Å². The number of ether oxygens (including phenoxy) is 1. The Bertz CT molecular complexity index is 169. The second kappa shape index (κ2) is 3.00. The van der Waals surface area contributed by atoms with Gasteiger partial charge in [0.05, 0.1) is 11.2 Å². The number of hydrogen-bond acceptors (Lipinski definition) is 2. The van der Waals surface area contributed by atoms with E-state index in [1.165, 1.54) is 0 Å². The van der Waals surface area contributed by atoms with Gasteiger partial charge in [-0.15, -0.1) is 0 Å². The molecular formula is C10H20O2. The summed E-state index contributed by atoms with van der Waals surface area (Å²) < 4.78 is 5.47. The Labute approximate surface area is 74.9 Å². The molecule has 72 valence electrons. The quantitative estimate of drug-likeness (QED) is 0.690. The van der Waals surface area contributed by atoms with Crippen molar-refractivity contribution in [3.63, 3.8) is 0 Å². The lowest BCUT2D eigenvalue weighted by molar-refractivity contribution is -0.157. The fourth-order valence-corrected chi connectivity index (χ4v) is 2.36. The van der Waals surface area contributed by atoms with Crippen LogP contribution in [0, 0.1) is 5.92 Å². The van der Waals surface area contributed by atoms with Crippen molar-refractivity contribution in [2.75, 3.05) is 7.11 Å². The van der Waals surface area contributed by atoms with Crippen molar-refractivity contribution in [1.82, 2.24) is 0 Å². The van der Waals surface area contributed by atoms with E-state index in [1.54, 1.807) is 7.11 Å². The summed E-state index contributed by atoms with van der Waals surface area (Å²) in [5.41, 5.74) is -0.955. The highest BCUT2D eigenvalue weighted by Gasteiger charge is 2.54. The molecule has 12 heavy (non-hydrogen) atoms. The molecule has 0 spiro atoms. The molecule has 0 aromatic heterocycles. The molecule has 2 nitrogen and oxygen atoms in total. The average molecular weight is 172 g/mol. The molecule has 1 saturated carbocycles. The van der Waals surface area contributed by atoms with Gasteiger partial charge < -0.3 is 9.84 Å². The normalized spacial score (nSPS) is 48.2. The van der Waals surface area contributed by atoms with Gasteiger partial charge in [-0.05, 0) is 32.1 Å². The first-order chi connectivity index (χ1) is 5.50. The fraction of sp³-hybridized carbons (Fsp3) is 1.00. The van der Waals surface area contributed by atoms with E-state index >= 15 is 0 Å². The first kappa shape index (κ1) is 10.0. The molecule has 0 bridgehead atoms. The Balaban J connectivity index is 2.91. The molecule has 0 amide bonds. The lowest BCUT2D eigenvalue weighted by Crippen LogP contribution is -2.51. The second-order valence-electron chi connectivity index (χ2n) is 4.14. The van der Waals surface area contributed by atoms with Gasteiger partial charge in [0.25, 0.3) is 0 Å². The van der Waals surface area contributed by atoms with Crippen molar-refractivity contribution in [1.29, 1.82) is 0 Å². The van der Waals surface area contributed by atoms with E-state index < -0.39 is 5.60 Å². The molecule has 0 radical (unpaired) electrons. The maximum atomic E-state index is 10.3. The first-order valence-corrected chi connectivity index (χ1v) is 4.77. The summed E-state index contributed by atoms with van der Waals surface area (Å²) in [4.78, 5) is 0. The van der Waals surface area contributed by atoms with Crippen LogP contribution in [0.5, 0.6) is 0 Å². The zero-order valence-electron chi connectivity index (χ0n) is 8.55. The SMILES string of the molecule is CCC1(O)CCC(C)[C@@]1(C)OC. The van der Waals surface area contributed by atoms with Gasteiger partial charge in [-0.2, -0.15) is 0 Å². The van der Waals surface area contributed by atoms with E-state index in [-0.39, 0.29) is 5.60 Å². The van der Waals surface area contributed by atoms with E-state index in [0.717, 1.165) is 19.3 Å². The lowest BCUT2D eigenvalue weighted by Gasteiger charge is -2.40. The summed E-state index contributed by atoms with van der Waals surface area (Å²) >= 11 is 0. The molecule has 0 heterocycles. The molecule has 0 aromatic rings. The lowest BCUT2D eigenvalue weighted by atomic mass is 9.81. The highest BCUT2D eigenvalue weighted by molar-refractivity contribution is 5.05. The van der Waals surface area contributed by atoms with Gasteiger partial charge in [0.2, 0.25) is 0 Å². The molecule has 0 aromatic carbocycles. The van der Waals surface area contributed by atoms with Gasteiger partial charge >= 0.3 is 0 Å². The number of rotatable bonds is 2. The Morgan fingerprint density at radius 3 is 2.50 bits per heavy atom. The topological polar surface area (TPSA) is 29.5 Å². The standard InChI is InChI=1S/C10H20O2/c1-5-10(11)7-6-8(2)9(10,3)12-4/h8,11H,5-7H2,1-4H3/t8?,9-,10?/m1/s1. The summed E-state index contributed by atoms with van der Waals surface area (Å²) in [5.74, 6) is 0.451. The zero-order valence-corrected chi connectivity index (χ0v) is 8.55. The molecule has 3 atom stereocenters. The third-order valence-corrected chi connectivity index (χ3v) is 3.86. The summed E-state index contributed by atoms with van der Waals surface area (Å²) in [7, 11) is 1.70. The van der Waals surface area contributed by atoms with Crippen molar-refractivity contribution in [3.8, 4) is 0 Å². The Hall–Kier alpha value is -0.0800. The summed E-state index contributed by atoms with van der Waals surface area (Å²) in [5, 5.41) is 10.3.